The third kappa shape index (κ3) is 3.32. The van der Waals surface area contributed by atoms with Gasteiger partial charge in [0.25, 0.3) is 11.8 Å². The number of pyridine rings is 1. The fourth-order valence-electron chi connectivity index (χ4n) is 3.87. The molecule has 4 aromatic rings. The van der Waals surface area contributed by atoms with E-state index in [0.29, 0.717) is 18.4 Å². The molecule has 2 aliphatic heterocycles. The lowest BCUT2D eigenvalue weighted by Crippen LogP contribution is -2.24. The maximum Gasteiger partial charge on any atom is 0.270 e. The Kier molecular flexibility index (Phi) is 4.62. The fourth-order valence-corrected chi connectivity index (χ4v) is 5.57. The van der Waals surface area contributed by atoms with Crippen LogP contribution in [0.5, 0.6) is 0 Å². The Hall–Kier alpha value is -3.37. The van der Waals surface area contributed by atoms with Crippen LogP contribution in [0.4, 0.5) is 5.82 Å². The lowest BCUT2D eigenvalue weighted by Gasteiger charge is -2.15. The summed E-state index contributed by atoms with van der Waals surface area (Å²) >= 11 is 3.00. The van der Waals surface area contributed by atoms with Crippen molar-refractivity contribution in [2.75, 3.05) is 4.90 Å². The van der Waals surface area contributed by atoms with Gasteiger partial charge in [0.2, 0.25) is 0 Å². The molecule has 1 N–H and O–H groups in total. The third-order valence-electron chi connectivity index (χ3n) is 5.66. The van der Waals surface area contributed by atoms with Crippen molar-refractivity contribution in [3.63, 3.8) is 0 Å². The predicted octanol–water partition coefficient (Wildman–Crippen LogP) is 3.89. The van der Waals surface area contributed by atoms with Crippen molar-refractivity contribution < 1.29 is 9.59 Å². The van der Waals surface area contributed by atoms with Crippen molar-refractivity contribution in [1.82, 2.24) is 25.1 Å². The normalized spacial score (nSPS) is 16.4. The molecule has 0 radical (unpaired) electrons. The van der Waals surface area contributed by atoms with E-state index in [1.165, 1.54) is 22.7 Å². The molecule has 2 amide bonds. The number of carbonyl (C=O) groups excluding carboxylic acids is 2. The first-order valence-electron chi connectivity index (χ1n) is 10.3. The summed E-state index contributed by atoms with van der Waals surface area (Å²) in [6.07, 6.45) is 4.09. The zero-order valence-corrected chi connectivity index (χ0v) is 18.5. The summed E-state index contributed by atoms with van der Waals surface area (Å²) < 4.78 is 2.08. The highest BCUT2D eigenvalue weighted by Crippen LogP contribution is 2.37. The van der Waals surface area contributed by atoms with Crippen molar-refractivity contribution >= 4 is 40.3 Å². The van der Waals surface area contributed by atoms with E-state index in [0.717, 1.165) is 51.8 Å². The second-order valence-electron chi connectivity index (χ2n) is 7.80. The molecule has 0 spiro atoms. The van der Waals surface area contributed by atoms with Crippen LogP contribution in [-0.2, 0) is 13.1 Å². The van der Waals surface area contributed by atoms with E-state index in [2.05, 4.69) is 25.1 Å². The van der Waals surface area contributed by atoms with Crippen molar-refractivity contribution in [2.24, 2.45) is 0 Å². The Bertz CT molecular complexity index is 1340. The molecule has 1 aliphatic carbocycles. The van der Waals surface area contributed by atoms with Gasteiger partial charge >= 0.3 is 0 Å². The number of nitrogens with zero attached hydrogens (tertiary/aromatic N) is 5. The zero-order valence-electron chi connectivity index (χ0n) is 16.9. The zero-order chi connectivity index (χ0) is 21.7. The van der Waals surface area contributed by atoms with Crippen LogP contribution in [0.15, 0.2) is 47.4 Å². The number of thiophene rings is 2. The molecule has 7 rings (SSSR count). The average Bonchev–Trinajstić information content (AvgIpc) is 3.29. The molecule has 32 heavy (non-hydrogen) atoms. The second kappa shape index (κ2) is 7.64. The minimum absolute atomic E-state index is 0.0308. The minimum Gasteiger partial charge on any atom is -0.347 e. The SMILES string of the molecule is O=C1NCc2ccsc21.O=C1c2sccc2CN1c1cccc(-c2nncn2C2CC2)n1. The van der Waals surface area contributed by atoms with Crippen LogP contribution in [0.1, 0.15) is 49.4 Å². The van der Waals surface area contributed by atoms with Crippen LogP contribution in [0, 0.1) is 0 Å². The Balaban J connectivity index is 0.000000182. The van der Waals surface area contributed by atoms with Crippen molar-refractivity contribution in [3.8, 4) is 11.5 Å². The Labute approximate surface area is 191 Å². The maximum absolute atomic E-state index is 12.5. The first-order chi connectivity index (χ1) is 15.7. The van der Waals surface area contributed by atoms with Crippen molar-refractivity contribution in [2.45, 2.75) is 32.0 Å². The van der Waals surface area contributed by atoms with E-state index in [-0.39, 0.29) is 11.8 Å². The molecular weight excluding hydrogens is 444 g/mol. The lowest BCUT2D eigenvalue weighted by molar-refractivity contribution is 0.0967. The monoisotopic (exact) mass is 462 g/mol. The summed E-state index contributed by atoms with van der Waals surface area (Å²) in [5, 5.41) is 14.9. The molecule has 0 unspecified atom stereocenters. The molecule has 1 saturated carbocycles. The highest BCUT2D eigenvalue weighted by atomic mass is 32.1. The fraction of sp³-hybridized carbons (Fsp3) is 0.227. The molecule has 6 heterocycles. The van der Waals surface area contributed by atoms with E-state index in [1.807, 2.05) is 41.1 Å². The van der Waals surface area contributed by atoms with Gasteiger partial charge in [-0.25, -0.2) is 4.98 Å². The van der Waals surface area contributed by atoms with Gasteiger partial charge in [0, 0.05) is 12.6 Å². The number of hydrogen-bond donors (Lipinski definition) is 1. The maximum atomic E-state index is 12.5. The van der Waals surface area contributed by atoms with Gasteiger partial charge in [0.15, 0.2) is 5.82 Å². The Morgan fingerprint density at radius 1 is 1.00 bits per heavy atom. The van der Waals surface area contributed by atoms with Crippen molar-refractivity contribution in [3.05, 3.63) is 68.3 Å². The van der Waals surface area contributed by atoms with Crippen LogP contribution in [0.25, 0.3) is 11.5 Å². The van der Waals surface area contributed by atoms with Gasteiger partial charge in [-0.15, -0.1) is 32.9 Å². The number of aromatic nitrogens is 4. The number of hydrogen-bond acceptors (Lipinski definition) is 7. The van der Waals surface area contributed by atoms with Crippen LogP contribution in [-0.4, -0.2) is 31.6 Å². The molecule has 3 aliphatic rings. The number of rotatable bonds is 3. The quantitative estimate of drug-likeness (QED) is 0.499. The standard InChI is InChI=1S/C16H13N5OS.C6H5NOS/c22-16-14-10(6-7-23-14)8-20(16)13-3-1-2-12(18-13)15-19-17-9-21(15)11-4-5-11;8-6-5-4(3-7-6)1-2-9-5/h1-3,6-7,9,11H,4-5,8H2;1-2H,3H2,(H,7,8). The van der Waals surface area contributed by atoms with Crippen molar-refractivity contribution in [1.29, 1.82) is 0 Å². The third-order valence-corrected chi connectivity index (χ3v) is 7.56. The number of anilines is 1. The molecule has 4 aromatic heterocycles. The van der Waals surface area contributed by atoms with Gasteiger partial charge in [-0.2, -0.15) is 0 Å². The second-order valence-corrected chi connectivity index (χ2v) is 9.63. The van der Waals surface area contributed by atoms with Crippen LogP contribution in [0.2, 0.25) is 0 Å². The largest absolute Gasteiger partial charge is 0.347 e. The molecule has 0 aromatic carbocycles. The number of carbonyl (C=O) groups is 2. The highest BCUT2D eigenvalue weighted by molar-refractivity contribution is 7.12. The molecule has 0 atom stereocenters. The topological polar surface area (TPSA) is 93.0 Å². The highest BCUT2D eigenvalue weighted by Gasteiger charge is 2.31. The first-order valence-corrected chi connectivity index (χ1v) is 12.0. The van der Waals surface area contributed by atoms with Gasteiger partial charge < -0.3 is 9.88 Å². The summed E-state index contributed by atoms with van der Waals surface area (Å²) in [6, 6.07) is 10.2. The molecule has 10 heteroatoms. The van der Waals surface area contributed by atoms with Crippen LogP contribution >= 0.6 is 22.7 Å². The minimum atomic E-state index is 0.0308. The predicted molar refractivity (Wildman–Crippen MR) is 122 cm³/mol. The molecular formula is C22H18N6O2S2. The van der Waals surface area contributed by atoms with Gasteiger partial charge in [0.1, 0.15) is 17.8 Å². The number of amides is 2. The summed E-state index contributed by atoms with van der Waals surface area (Å²) in [7, 11) is 0. The van der Waals surface area contributed by atoms with E-state index in [4.69, 9.17) is 0 Å². The Morgan fingerprint density at radius 2 is 1.81 bits per heavy atom. The van der Waals surface area contributed by atoms with Gasteiger partial charge in [-0.3, -0.25) is 14.5 Å². The average molecular weight is 463 g/mol. The summed E-state index contributed by atoms with van der Waals surface area (Å²) in [5.74, 6) is 1.56. The molecule has 160 valence electrons. The van der Waals surface area contributed by atoms with Gasteiger partial charge in [-0.1, -0.05) is 6.07 Å². The smallest absolute Gasteiger partial charge is 0.270 e. The van der Waals surface area contributed by atoms with Gasteiger partial charge in [-0.05, 0) is 59.0 Å². The summed E-state index contributed by atoms with van der Waals surface area (Å²) in [4.78, 5) is 31.4. The number of nitrogens with one attached hydrogen (secondary N) is 1. The molecule has 1 fully saturated rings. The van der Waals surface area contributed by atoms with E-state index in [9.17, 15) is 9.59 Å². The summed E-state index contributed by atoms with van der Waals surface area (Å²) in [6.45, 7) is 1.31. The summed E-state index contributed by atoms with van der Waals surface area (Å²) in [5.41, 5.74) is 2.98. The van der Waals surface area contributed by atoms with E-state index >= 15 is 0 Å². The molecule has 8 nitrogen and oxygen atoms in total. The van der Waals surface area contributed by atoms with Gasteiger partial charge in [0.05, 0.1) is 16.3 Å². The lowest BCUT2D eigenvalue weighted by atomic mass is 10.3. The first kappa shape index (κ1) is 19.3. The van der Waals surface area contributed by atoms with Crippen LogP contribution in [0.3, 0.4) is 0 Å². The number of fused-ring (bicyclic) bond motifs is 2. The Morgan fingerprint density at radius 3 is 2.59 bits per heavy atom. The van der Waals surface area contributed by atoms with E-state index in [1.54, 1.807) is 11.2 Å². The van der Waals surface area contributed by atoms with Crippen LogP contribution < -0.4 is 10.2 Å². The van der Waals surface area contributed by atoms with E-state index < -0.39 is 0 Å². The molecule has 0 saturated heterocycles. The molecule has 0 bridgehead atoms.